The van der Waals surface area contributed by atoms with Gasteiger partial charge in [-0.15, -0.1) is 0 Å². The number of nitrogens with zero attached hydrogens (tertiary/aromatic N) is 2. The van der Waals surface area contributed by atoms with Crippen LogP contribution in [0.3, 0.4) is 0 Å². The molecule has 0 aromatic heterocycles. The zero-order chi connectivity index (χ0) is 11.4. The van der Waals surface area contributed by atoms with E-state index in [1.165, 1.54) is 38.8 Å². The van der Waals surface area contributed by atoms with Crippen molar-refractivity contribution >= 4 is 5.84 Å². The maximum absolute atomic E-state index is 7.23. The number of amidine groups is 1. The fraction of sp³-hybridized carbons (Fsp3) is 0.917. The lowest BCUT2D eigenvalue weighted by Gasteiger charge is -2.38. The Kier molecular flexibility index (Phi) is 4.18. The Morgan fingerprint density at radius 1 is 1.12 bits per heavy atom. The maximum atomic E-state index is 7.23. The molecule has 0 aromatic rings. The molecule has 2 aliphatic rings. The van der Waals surface area contributed by atoms with Crippen molar-refractivity contribution in [1.82, 2.24) is 9.80 Å². The van der Waals surface area contributed by atoms with E-state index in [-0.39, 0.29) is 0 Å². The Hall–Kier alpha value is -0.610. The van der Waals surface area contributed by atoms with Crippen LogP contribution in [0.2, 0.25) is 0 Å². The molecule has 4 nitrogen and oxygen atoms in total. The number of hydrogen-bond acceptors (Lipinski definition) is 3. The fourth-order valence-electron chi connectivity index (χ4n) is 2.90. The minimum Gasteiger partial charge on any atom is -0.388 e. The molecule has 0 aromatic carbocycles. The van der Waals surface area contributed by atoms with Crippen LogP contribution >= 0.6 is 0 Å². The van der Waals surface area contributed by atoms with Crippen LogP contribution in [0.25, 0.3) is 0 Å². The van der Waals surface area contributed by atoms with E-state index in [0.29, 0.717) is 5.84 Å². The topological polar surface area (TPSA) is 56.4 Å². The molecular weight excluding hydrogens is 200 g/mol. The van der Waals surface area contributed by atoms with E-state index in [1.807, 2.05) is 0 Å². The van der Waals surface area contributed by atoms with Gasteiger partial charge >= 0.3 is 0 Å². The van der Waals surface area contributed by atoms with Gasteiger partial charge in [0.05, 0.1) is 5.84 Å². The summed E-state index contributed by atoms with van der Waals surface area (Å²) in [5.74, 6) is 0.318. The molecule has 0 atom stereocenters. The van der Waals surface area contributed by atoms with Crippen LogP contribution in [0.1, 0.15) is 32.1 Å². The molecule has 3 N–H and O–H groups in total. The zero-order valence-electron chi connectivity index (χ0n) is 10.1. The molecule has 1 saturated carbocycles. The van der Waals surface area contributed by atoms with Crippen molar-refractivity contribution in [3.63, 3.8) is 0 Å². The number of piperazine rings is 1. The summed E-state index contributed by atoms with van der Waals surface area (Å²) in [4.78, 5) is 5.10. The molecule has 4 heteroatoms. The maximum Gasteiger partial charge on any atom is 0.0918 e. The molecule has 1 aliphatic heterocycles. The third kappa shape index (κ3) is 3.19. The first-order valence-corrected chi connectivity index (χ1v) is 6.55. The van der Waals surface area contributed by atoms with Crippen LogP contribution in [0, 0.1) is 5.41 Å². The van der Waals surface area contributed by atoms with Crippen molar-refractivity contribution < 1.29 is 0 Å². The highest BCUT2D eigenvalue weighted by atomic mass is 15.3. The van der Waals surface area contributed by atoms with Gasteiger partial charge in [0.15, 0.2) is 0 Å². The van der Waals surface area contributed by atoms with Gasteiger partial charge in [-0.1, -0.05) is 12.8 Å². The van der Waals surface area contributed by atoms with Crippen molar-refractivity contribution in [1.29, 1.82) is 5.41 Å². The largest absolute Gasteiger partial charge is 0.388 e. The average Bonchev–Trinajstić information content (AvgIpc) is 2.80. The van der Waals surface area contributed by atoms with E-state index < -0.39 is 0 Å². The normalized spacial score (nSPS) is 25.0. The van der Waals surface area contributed by atoms with E-state index in [2.05, 4.69) is 9.80 Å². The van der Waals surface area contributed by atoms with Gasteiger partial charge in [0, 0.05) is 45.2 Å². The Morgan fingerprint density at radius 2 is 1.75 bits per heavy atom. The molecule has 1 saturated heterocycles. The quantitative estimate of drug-likeness (QED) is 0.550. The first kappa shape index (κ1) is 11.9. The van der Waals surface area contributed by atoms with Crippen LogP contribution in [-0.2, 0) is 0 Å². The molecule has 0 radical (unpaired) electrons. The minimum absolute atomic E-state index is 0.318. The molecular formula is C12H24N4. The molecule has 1 heterocycles. The molecule has 92 valence electrons. The first-order valence-electron chi connectivity index (χ1n) is 6.55. The second-order valence-corrected chi connectivity index (χ2v) is 5.09. The molecule has 2 rings (SSSR count). The lowest BCUT2D eigenvalue weighted by atomic mass is 10.2. The Morgan fingerprint density at radius 3 is 2.31 bits per heavy atom. The van der Waals surface area contributed by atoms with E-state index in [9.17, 15) is 0 Å². The second kappa shape index (κ2) is 5.64. The van der Waals surface area contributed by atoms with E-state index in [4.69, 9.17) is 11.1 Å². The Labute approximate surface area is 98.3 Å². The average molecular weight is 224 g/mol. The Bertz CT molecular complexity index is 227. The van der Waals surface area contributed by atoms with Crippen LogP contribution in [0.5, 0.6) is 0 Å². The Balaban J connectivity index is 1.67. The minimum atomic E-state index is 0.318. The van der Waals surface area contributed by atoms with Gasteiger partial charge in [0.25, 0.3) is 0 Å². The fourth-order valence-corrected chi connectivity index (χ4v) is 2.90. The summed E-state index contributed by atoms with van der Waals surface area (Å²) in [6.45, 7) is 5.70. The predicted octanol–water partition coefficient (Wildman–Crippen LogP) is 0.873. The summed E-state index contributed by atoms with van der Waals surface area (Å²) in [5.41, 5.74) is 5.38. The first-order chi connectivity index (χ1) is 7.75. The highest BCUT2D eigenvalue weighted by Gasteiger charge is 2.25. The van der Waals surface area contributed by atoms with Crippen molar-refractivity contribution in [2.75, 3.05) is 32.7 Å². The van der Waals surface area contributed by atoms with Crippen LogP contribution < -0.4 is 5.73 Å². The molecule has 0 unspecified atom stereocenters. The predicted molar refractivity (Wildman–Crippen MR) is 66.8 cm³/mol. The highest BCUT2D eigenvalue weighted by Crippen LogP contribution is 2.24. The van der Waals surface area contributed by atoms with Crippen molar-refractivity contribution in [3.05, 3.63) is 0 Å². The summed E-state index contributed by atoms with van der Waals surface area (Å²) in [5, 5.41) is 7.23. The molecule has 1 aliphatic carbocycles. The van der Waals surface area contributed by atoms with E-state index in [1.54, 1.807) is 0 Å². The number of hydrogen-bond donors (Lipinski definition) is 2. The van der Waals surface area contributed by atoms with E-state index in [0.717, 1.165) is 32.1 Å². The molecule has 2 fully saturated rings. The zero-order valence-corrected chi connectivity index (χ0v) is 10.1. The monoisotopic (exact) mass is 224 g/mol. The molecule has 0 bridgehead atoms. The smallest absolute Gasteiger partial charge is 0.0918 e. The van der Waals surface area contributed by atoms with Crippen molar-refractivity contribution in [3.8, 4) is 0 Å². The van der Waals surface area contributed by atoms with Gasteiger partial charge in [0.2, 0.25) is 0 Å². The molecule has 0 spiro atoms. The van der Waals surface area contributed by atoms with E-state index >= 15 is 0 Å². The molecule has 0 amide bonds. The van der Waals surface area contributed by atoms with Gasteiger partial charge in [-0.25, -0.2) is 0 Å². The lowest BCUT2D eigenvalue weighted by Crippen LogP contribution is -2.50. The van der Waals surface area contributed by atoms with Gasteiger partial charge in [-0.2, -0.15) is 0 Å². The van der Waals surface area contributed by atoms with Crippen LogP contribution in [0.15, 0.2) is 0 Å². The third-order valence-corrected chi connectivity index (χ3v) is 3.95. The van der Waals surface area contributed by atoms with Crippen LogP contribution in [0.4, 0.5) is 0 Å². The number of rotatable bonds is 4. The number of nitrogens with one attached hydrogen (secondary N) is 1. The summed E-state index contributed by atoms with van der Waals surface area (Å²) in [7, 11) is 0. The summed E-state index contributed by atoms with van der Waals surface area (Å²) in [6.07, 6.45) is 6.40. The lowest BCUT2D eigenvalue weighted by molar-refractivity contribution is 0.0996. The summed E-state index contributed by atoms with van der Waals surface area (Å²) >= 11 is 0. The van der Waals surface area contributed by atoms with Gasteiger partial charge in [-0.05, 0) is 12.8 Å². The standard InChI is InChI=1S/C12H24N4/c13-12(14)5-6-15-7-9-16(10-8-15)11-3-1-2-4-11/h11H,1-10H2,(H3,13,14). The third-order valence-electron chi connectivity index (χ3n) is 3.95. The van der Waals surface area contributed by atoms with Crippen molar-refractivity contribution in [2.24, 2.45) is 5.73 Å². The van der Waals surface area contributed by atoms with Crippen molar-refractivity contribution in [2.45, 2.75) is 38.1 Å². The summed E-state index contributed by atoms with van der Waals surface area (Å²) < 4.78 is 0. The highest BCUT2D eigenvalue weighted by molar-refractivity contribution is 5.76. The van der Waals surface area contributed by atoms with Gasteiger partial charge in [-0.3, -0.25) is 10.3 Å². The second-order valence-electron chi connectivity index (χ2n) is 5.09. The van der Waals surface area contributed by atoms with Gasteiger partial charge in [0.1, 0.15) is 0 Å². The molecule has 16 heavy (non-hydrogen) atoms. The summed E-state index contributed by atoms with van der Waals surface area (Å²) in [6, 6.07) is 0.870. The number of nitrogens with two attached hydrogens (primary N) is 1. The SMILES string of the molecule is N=C(N)CCN1CCN(C2CCCC2)CC1. The van der Waals surface area contributed by atoms with Gasteiger partial charge < -0.3 is 10.6 Å². The van der Waals surface area contributed by atoms with Crippen LogP contribution in [-0.4, -0.2) is 54.4 Å².